The van der Waals surface area contributed by atoms with Crippen molar-refractivity contribution in [1.82, 2.24) is 10.5 Å². The summed E-state index contributed by atoms with van der Waals surface area (Å²) < 4.78 is 5.65. The van der Waals surface area contributed by atoms with Gasteiger partial charge in [0.25, 0.3) is 5.91 Å². The number of anilines is 1. The van der Waals surface area contributed by atoms with Crippen LogP contribution >= 0.6 is 0 Å². The molecule has 1 atom stereocenters. The largest absolute Gasteiger partial charge is 0.423 e. The number of hydroxylamine groups is 1. The van der Waals surface area contributed by atoms with Gasteiger partial charge in [0, 0.05) is 11.1 Å². The summed E-state index contributed by atoms with van der Waals surface area (Å²) in [6.45, 7) is 0.218. The van der Waals surface area contributed by atoms with Crippen LogP contribution in [0.3, 0.4) is 0 Å². The molecule has 0 bridgehead atoms. The van der Waals surface area contributed by atoms with Crippen molar-refractivity contribution in [2.24, 2.45) is 0 Å². The number of hydrogen-bond acceptors (Lipinski definition) is 6. The number of benzene rings is 2. The zero-order chi connectivity index (χ0) is 16.0. The molecule has 3 N–H and O–H groups in total. The number of aliphatic hydroxyl groups is 1. The first kappa shape index (κ1) is 13.9. The Morgan fingerprint density at radius 3 is 2.83 bits per heavy atom. The van der Waals surface area contributed by atoms with E-state index in [1.807, 2.05) is 12.1 Å². The van der Waals surface area contributed by atoms with Crippen LogP contribution in [0.1, 0.15) is 27.7 Å². The molecule has 0 aliphatic carbocycles. The van der Waals surface area contributed by atoms with E-state index >= 15 is 0 Å². The molecule has 2 heterocycles. The van der Waals surface area contributed by atoms with Crippen molar-refractivity contribution in [1.29, 1.82) is 0 Å². The van der Waals surface area contributed by atoms with Crippen LogP contribution in [-0.2, 0) is 6.54 Å². The highest BCUT2D eigenvalue weighted by molar-refractivity contribution is 6.09. The Kier molecular flexibility index (Phi) is 3.12. The minimum Gasteiger partial charge on any atom is -0.423 e. The minimum absolute atomic E-state index is 0.213. The molecule has 1 aliphatic rings. The lowest BCUT2D eigenvalue weighted by atomic mass is 10.0. The fraction of sp³-hybridized carbons (Fsp3) is 0.125. The van der Waals surface area contributed by atoms with Crippen molar-refractivity contribution >= 4 is 23.0 Å². The van der Waals surface area contributed by atoms with Crippen LogP contribution < -0.4 is 10.4 Å². The van der Waals surface area contributed by atoms with Gasteiger partial charge in [-0.3, -0.25) is 9.69 Å². The fourth-order valence-electron chi connectivity index (χ4n) is 2.81. The van der Waals surface area contributed by atoms with Crippen LogP contribution in [0.25, 0.3) is 11.1 Å². The van der Waals surface area contributed by atoms with E-state index in [1.165, 1.54) is 4.90 Å². The molecular weight excluding hydrogens is 298 g/mol. The normalized spacial score (nSPS) is 15.2. The molecule has 1 amide bonds. The van der Waals surface area contributed by atoms with E-state index < -0.39 is 6.23 Å². The standard InChI is InChI=1S/C16H13N3O4/c20-14(18-22)9-4-3-5-10-11(9)8-19(15(10)21)16-17-12-6-1-2-7-13(12)23-16/h1-7,14,18,20,22H,8H2. The number of para-hydroxylation sites is 2. The van der Waals surface area contributed by atoms with Crippen LogP contribution in [0.15, 0.2) is 46.9 Å². The van der Waals surface area contributed by atoms with Crippen molar-refractivity contribution in [3.8, 4) is 0 Å². The molecule has 1 unspecified atom stereocenters. The molecule has 0 spiro atoms. The van der Waals surface area contributed by atoms with E-state index in [0.29, 0.717) is 27.8 Å². The maximum absolute atomic E-state index is 12.6. The maximum Gasteiger partial charge on any atom is 0.305 e. The van der Waals surface area contributed by atoms with Gasteiger partial charge < -0.3 is 14.7 Å². The van der Waals surface area contributed by atoms with Crippen molar-refractivity contribution in [3.05, 3.63) is 59.2 Å². The molecule has 2 aromatic carbocycles. The summed E-state index contributed by atoms with van der Waals surface area (Å²) in [6.07, 6.45) is -1.26. The highest BCUT2D eigenvalue weighted by Crippen LogP contribution is 2.33. The molecule has 7 heteroatoms. The molecule has 3 aromatic rings. The number of oxazole rings is 1. The Morgan fingerprint density at radius 2 is 2.04 bits per heavy atom. The van der Waals surface area contributed by atoms with Crippen molar-refractivity contribution in [2.75, 3.05) is 4.90 Å². The summed E-state index contributed by atoms with van der Waals surface area (Å²) in [4.78, 5) is 18.3. The van der Waals surface area contributed by atoms with Crippen LogP contribution in [-0.4, -0.2) is 21.2 Å². The number of fused-ring (bicyclic) bond motifs is 2. The van der Waals surface area contributed by atoms with Crippen LogP contribution in [0.4, 0.5) is 6.01 Å². The Morgan fingerprint density at radius 1 is 1.22 bits per heavy atom. The molecule has 0 fully saturated rings. The number of aliphatic hydroxyl groups excluding tert-OH is 1. The molecule has 1 aliphatic heterocycles. The van der Waals surface area contributed by atoms with E-state index in [4.69, 9.17) is 9.62 Å². The molecule has 0 radical (unpaired) electrons. The first-order valence-corrected chi connectivity index (χ1v) is 7.06. The summed E-state index contributed by atoms with van der Waals surface area (Å²) in [6, 6.07) is 12.5. The third kappa shape index (κ3) is 2.10. The lowest BCUT2D eigenvalue weighted by Gasteiger charge is -2.13. The van der Waals surface area contributed by atoms with Gasteiger partial charge in [0.2, 0.25) is 0 Å². The number of amides is 1. The lowest BCUT2D eigenvalue weighted by molar-refractivity contribution is 0.000234. The number of carbonyl (C=O) groups excluding carboxylic acids is 1. The minimum atomic E-state index is -1.26. The molecule has 0 saturated carbocycles. The molecule has 4 rings (SSSR count). The Bertz CT molecular complexity index is 872. The second-order valence-electron chi connectivity index (χ2n) is 5.26. The first-order chi connectivity index (χ1) is 11.2. The van der Waals surface area contributed by atoms with Gasteiger partial charge in [0.1, 0.15) is 5.52 Å². The SMILES string of the molecule is O=C1c2cccc(C(O)NO)c2CN1c1nc2ccccc2o1. The molecule has 23 heavy (non-hydrogen) atoms. The summed E-state index contributed by atoms with van der Waals surface area (Å²) >= 11 is 0. The van der Waals surface area contributed by atoms with Gasteiger partial charge in [0.05, 0.1) is 6.54 Å². The third-order valence-corrected chi connectivity index (χ3v) is 3.93. The number of nitrogens with zero attached hydrogens (tertiary/aromatic N) is 2. The molecule has 1 aromatic heterocycles. The first-order valence-electron chi connectivity index (χ1n) is 7.06. The highest BCUT2D eigenvalue weighted by atomic mass is 16.5. The van der Waals surface area contributed by atoms with Crippen LogP contribution in [0.2, 0.25) is 0 Å². The van der Waals surface area contributed by atoms with Gasteiger partial charge in [-0.25, -0.2) is 0 Å². The summed E-state index contributed by atoms with van der Waals surface area (Å²) in [5.41, 5.74) is 4.59. The number of aromatic nitrogens is 1. The second-order valence-corrected chi connectivity index (χ2v) is 5.26. The number of rotatable bonds is 3. The lowest BCUT2D eigenvalue weighted by Crippen LogP contribution is -2.23. The van der Waals surface area contributed by atoms with Gasteiger partial charge in [0.15, 0.2) is 11.8 Å². The third-order valence-electron chi connectivity index (χ3n) is 3.93. The summed E-state index contributed by atoms with van der Waals surface area (Å²) in [5, 5.41) is 18.8. The van der Waals surface area contributed by atoms with Crippen LogP contribution in [0.5, 0.6) is 0 Å². The summed E-state index contributed by atoms with van der Waals surface area (Å²) in [7, 11) is 0. The Labute approximate surface area is 130 Å². The second kappa shape index (κ2) is 5.17. The Hall–Kier alpha value is -2.74. The smallest absolute Gasteiger partial charge is 0.305 e. The molecule has 0 saturated heterocycles. The number of carbonyl (C=O) groups is 1. The zero-order valence-electron chi connectivity index (χ0n) is 11.9. The van der Waals surface area contributed by atoms with E-state index in [-0.39, 0.29) is 18.5 Å². The van der Waals surface area contributed by atoms with Crippen molar-refractivity contribution in [3.63, 3.8) is 0 Å². The van der Waals surface area contributed by atoms with Crippen molar-refractivity contribution < 1.29 is 19.5 Å². The summed E-state index contributed by atoms with van der Waals surface area (Å²) in [5.74, 6) is -0.251. The predicted molar refractivity (Wildman–Crippen MR) is 80.8 cm³/mol. The topological polar surface area (TPSA) is 98.8 Å². The fourth-order valence-corrected chi connectivity index (χ4v) is 2.81. The molecular formula is C16H13N3O4. The average molecular weight is 311 g/mol. The van der Waals surface area contributed by atoms with E-state index in [9.17, 15) is 9.90 Å². The monoisotopic (exact) mass is 311 g/mol. The van der Waals surface area contributed by atoms with Gasteiger partial charge in [-0.1, -0.05) is 24.3 Å². The molecule has 116 valence electrons. The number of hydrogen-bond donors (Lipinski definition) is 3. The quantitative estimate of drug-likeness (QED) is 0.505. The predicted octanol–water partition coefficient (Wildman–Crippen LogP) is 1.96. The van der Waals surface area contributed by atoms with Gasteiger partial charge in [-0.15, -0.1) is 0 Å². The van der Waals surface area contributed by atoms with Gasteiger partial charge in [-0.05, 0) is 23.8 Å². The number of nitrogens with one attached hydrogen (secondary N) is 1. The van der Waals surface area contributed by atoms with E-state index in [2.05, 4.69) is 4.98 Å². The van der Waals surface area contributed by atoms with Gasteiger partial charge >= 0.3 is 6.01 Å². The van der Waals surface area contributed by atoms with Crippen LogP contribution in [0, 0.1) is 0 Å². The van der Waals surface area contributed by atoms with E-state index in [0.717, 1.165) is 0 Å². The maximum atomic E-state index is 12.6. The zero-order valence-corrected chi connectivity index (χ0v) is 11.9. The van der Waals surface area contributed by atoms with Gasteiger partial charge in [-0.2, -0.15) is 10.5 Å². The average Bonchev–Trinajstić information content (AvgIpc) is 3.15. The van der Waals surface area contributed by atoms with Crippen molar-refractivity contribution in [2.45, 2.75) is 12.8 Å². The molecule has 7 nitrogen and oxygen atoms in total. The van der Waals surface area contributed by atoms with E-state index in [1.54, 1.807) is 35.8 Å². The Balaban J connectivity index is 1.77. The highest BCUT2D eigenvalue weighted by Gasteiger charge is 2.34.